The van der Waals surface area contributed by atoms with Crippen LogP contribution in [0.4, 0.5) is 8.78 Å². The summed E-state index contributed by atoms with van der Waals surface area (Å²) in [5, 5.41) is 0.348. The van der Waals surface area contributed by atoms with E-state index in [9.17, 15) is 8.78 Å². The molecule has 0 amide bonds. The van der Waals surface area contributed by atoms with Crippen LogP contribution in [0.25, 0.3) is 11.1 Å². The van der Waals surface area contributed by atoms with E-state index < -0.39 is 17.4 Å². The van der Waals surface area contributed by atoms with Crippen molar-refractivity contribution in [1.82, 2.24) is 4.98 Å². The van der Waals surface area contributed by atoms with E-state index in [0.717, 1.165) is 12.5 Å². The van der Waals surface area contributed by atoms with Gasteiger partial charge in [-0.1, -0.05) is 17.7 Å². The van der Waals surface area contributed by atoms with Crippen LogP contribution >= 0.6 is 11.8 Å². The van der Waals surface area contributed by atoms with Crippen molar-refractivity contribution < 1.29 is 13.5 Å². The molecular weight excluding hydrogens is 368 g/mol. The predicted molar refractivity (Wildman–Crippen MR) is 102 cm³/mol. The number of benzene rings is 1. The van der Waals surface area contributed by atoms with E-state index in [1.54, 1.807) is 19.2 Å². The van der Waals surface area contributed by atoms with Gasteiger partial charge in [0, 0.05) is 52.4 Å². The van der Waals surface area contributed by atoms with Crippen LogP contribution in [0.1, 0.15) is 24.5 Å². The number of thioether (sulfide) groups is 1. The maximum absolute atomic E-state index is 14.8. The summed E-state index contributed by atoms with van der Waals surface area (Å²) in [5.41, 5.74) is 6.32. The van der Waals surface area contributed by atoms with Crippen LogP contribution in [-0.2, 0) is 10.5 Å². The van der Waals surface area contributed by atoms with Gasteiger partial charge in [-0.25, -0.2) is 13.8 Å². The van der Waals surface area contributed by atoms with Gasteiger partial charge in [-0.2, -0.15) is 0 Å². The Hall–Kier alpha value is -2.43. The Morgan fingerprint density at radius 1 is 1.26 bits per heavy atom. The summed E-state index contributed by atoms with van der Waals surface area (Å²) in [6, 6.07) is 4.07. The number of hydrogen-bond acceptors (Lipinski definition) is 5. The fraction of sp³-hybridized carbons (Fsp3) is 0.300. The fourth-order valence-corrected chi connectivity index (χ4v) is 4.54. The molecule has 0 bridgehead atoms. The normalized spacial score (nSPS) is 24.0. The van der Waals surface area contributed by atoms with Crippen LogP contribution in [0.2, 0.25) is 0 Å². The van der Waals surface area contributed by atoms with Crippen molar-refractivity contribution in [3.8, 4) is 23.0 Å². The number of hydrogen-bond donors (Lipinski definition) is 1. The monoisotopic (exact) mass is 385 g/mol. The maximum atomic E-state index is 14.8. The fourth-order valence-electron chi connectivity index (χ4n) is 3.57. The van der Waals surface area contributed by atoms with E-state index >= 15 is 0 Å². The van der Waals surface area contributed by atoms with Gasteiger partial charge in [-0.3, -0.25) is 4.98 Å². The van der Waals surface area contributed by atoms with Gasteiger partial charge in [0.15, 0.2) is 10.9 Å². The van der Waals surface area contributed by atoms with Gasteiger partial charge in [-0.05, 0) is 25.5 Å². The average Bonchev–Trinajstić information content (AvgIpc) is 3.06. The molecule has 1 saturated heterocycles. The lowest BCUT2D eigenvalue weighted by Crippen LogP contribution is -2.38. The predicted octanol–water partition coefficient (Wildman–Crippen LogP) is 3.65. The highest BCUT2D eigenvalue weighted by molar-refractivity contribution is 8.13. The van der Waals surface area contributed by atoms with Crippen LogP contribution in [0.3, 0.4) is 0 Å². The summed E-state index contributed by atoms with van der Waals surface area (Å²) in [4.78, 5) is 8.57. The average molecular weight is 385 g/mol. The summed E-state index contributed by atoms with van der Waals surface area (Å²) < 4.78 is 35.3. The first kappa shape index (κ1) is 18.0. The van der Waals surface area contributed by atoms with Gasteiger partial charge in [-0.15, -0.1) is 5.92 Å². The topological polar surface area (TPSA) is 60.5 Å². The molecular formula is C20H17F2N3OS. The number of aromatic nitrogens is 1. The van der Waals surface area contributed by atoms with Crippen LogP contribution in [-0.4, -0.2) is 22.5 Å². The van der Waals surface area contributed by atoms with Crippen molar-refractivity contribution in [3.05, 3.63) is 53.4 Å². The minimum Gasteiger partial charge on any atom is -0.378 e. The molecule has 2 N–H and O–H groups in total. The second kappa shape index (κ2) is 6.95. The first-order valence-electron chi connectivity index (χ1n) is 8.53. The van der Waals surface area contributed by atoms with Crippen LogP contribution in [0.15, 0.2) is 35.6 Å². The van der Waals surface area contributed by atoms with E-state index in [4.69, 9.17) is 10.5 Å². The molecule has 27 heavy (non-hydrogen) atoms. The van der Waals surface area contributed by atoms with E-state index in [1.807, 2.05) is 0 Å². The van der Waals surface area contributed by atoms with Crippen molar-refractivity contribution in [3.63, 3.8) is 0 Å². The van der Waals surface area contributed by atoms with Gasteiger partial charge < -0.3 is 10.5 Å². The Morgan fingerprint density at radius 2 is 2.11 bits per heavy atom. The molecule has 2 aromatic rings. The number of fused-ring (bicyclic) bond motifs is 1. The van der Waals surface area contributed by atoms with E-state index in [0.29, 0.717) is 28.7 Å². The molecule has 2 aliphatic heterocycles. The second-order valence-corrected chi connectivity index (χ2v) is 7.48. The van der Waals surface area contributed by atoms with Gasteiger partial charge in [0.05, 0.1) is 6.61 Å². The van der Waals surface area contributed by atoms with E-state index in [1.165, 1.54) is 24.0 Å². The third-order valence-electron chi connectivity index (χ3n) is 4.81. The quantitative estimate of drug-likeness (QED) is 0.802. The van der Waals surface area contributed by atoms with Gasteiger partial charge in [0.25, 0.3) is 0 Å². The van der Waals surface area contributed by atoms with Crippen molar-refractivity contribution >= 4 is 16.9 Å². The summed E-state index contributed by atoms with van der Waals surface area (Å²) >= 11 is 1.43. The van der Waals surface area contributed by atoms with E-state index in [2.05, 4.69) is 21.8 Å². The molecule has 0 radical (unpaired) electrons. The number of nitrogens with zero attached hydrogens (tertiary/aromatic N) is 2. The standard InChI is InChI=1S/C20H17F2N3OS/c1-2-3-12-6-13(10-24-9-12)15-7-16(18(22)8-17(15)21)20-14(4-5-26-20)11-27-19(23)25-20/h6-10,14H,4-5,11H2,1H3,(H2,23,25)/t14-,20+/m0/s1. The zero-order valence-electron chi connectivity index (χ0n) is 14.6. The highest BCUT2D eigenvalue weighted by Gasteiger charge is 2.50. The minimum absolute atomic E-state index is 0.0157. The molecule has 0 spiro atoms. The number of halogens is 2. The van der Waals surface area contributed by atoms with E-state index in [-0.39, 0.29) is 17.0 Å². The first-order chi connectivity index (χ1) is 13.0. The molecule has 7 heteroatoms. The molecule has 0 unspecified atom stereocenters. The lowest BCUT2D eigenvalue weighted by atomic mass is 9.88. The molecule has 138 valence electrons. The highest BCUT2D eigenvalue weighted by Crippen LogP contribution is 2.48. The van der Waals surface area contributed by atoms with Crippen LogP contribution in [0.5, 0.6) is 0 Å². The molecule has 3 heterocycles. The molecule has 2 atom stereocenters. The van der Waals surface area contributed by atoms with Gasteiger partial charge in [0.2, 0.25) is 0 Å². The number of rotatable bonds is 2. The lowest BCUT2D eigenvalue weighted by molar-refractivity contribution is -0.0171. The third kappa shape index (κ3) is 3.09. The van der Waals surface area contributed by atoms with Crippen LogP contribution in [0, 0.1) is 29.4 Å². The van der Waals surface area contributed by atoms with Gasteiger partial charge >= 0.3 is 0 Å². The Balaban J connectivity index is 1.89. The number of nitrogens with two attached hydrogens (primary N) is 1. The Kier molecular flexibility index (Phi) is 4.62. The molecule has 0 saturated carbocycles. The zero-order chi connectivity index (χ0) is 19.0. The number of pyridine rings is 1. The SMILES string of the molecule is CC#Cc1cncc(-c2cc([C@@]34N=C(N)SC[C@@H]3CCO4)c(F)cc2F)c1. The molecule has 0 aliphatic carbocycles. The summed E-state index contributed by atoms with van der Waals surface area (Å²) in [5.74, 6) is 4.98. The number of ether oxygens (including phenoxy) is 1. The maximum Gasteiger partial charge on any atom is 0.194 e. The minimum atomic E-state index is -1.20. The van der Waals surface area contributed by atoms with Crippen molar-refractivity contribution in [2.75, 3.05) is 12.4 Å². The summed E-state index contributed by atoms with van der Waals surface area (Å²) in [6.07, 6.45) is 3.87. The molecule has 4 rings (SSSR count). The second-order valence-electron chi connectivity index (χ2n) is 6.44. The summed E-state index contributed by atoms with van der Waals surface area (Å²) in [7, 11) is 0. The Morgan fingerprint density at radius 3 is 2.93 bits per heavy atom. The zero-order valence-corrected chi connectivity index (χ0v) is 15.4. The lowest BCUT2D eigenvalue weighted by Gasteiger charge is -2.34. The molecule has 1 aromatic heterocycles. The molecule has 1 aromatic carbocycles. The Labute approximate surface area is 160 Å². The Bertz CT molecular complexity index is 998. The molecule has 2 aliphatic rings. The third-order valence-corrected chi connectivity index (χ3v) is 5.77. The first-order valence-corrected chi connectivity index (χ1v) is 9.52. The van der Waals surface area contributed by atoms with Crippen molar-refractivity contribution in [2.45, 2.75) is 19.1 Å². The highest BCUT2D eigenvalue weighted by atomic mass is 32.2. The number of amidine groups is 1. The summed E-state index contributed by atoms with van der Waals surface area (Å²) in [6.45, 7) is 2.17. The smallest absolute Gasteiger partial charge is 0.194 e. The largest absolute Gasteiger partial charge is 0.378 e. The molecule has 4 nitrogen and oxygen atoms in total. The molecule has 1 fully saturated rings. The van der Waals surface area contributed by atoms with Crippen molar-refractivity contribution in [2.24, 2.45) is 16.6 Å². The van der Waals surface area contributed by atoms with Crippen molar-refractivity contribution in [1.29, 1.82) is 0 Å². The van der Waals surface area contributed by atoms with Crippen LogP contribution < -0.4 is 5.73 Å². The van der Waals surface area contributed by atoms with Gasteiger partial charge in [0.1, 0.15) is 11.6 Å². The number of aliphatic imine (C=N–C) groups is 1.